The lowest BCUT2D eigenvalue weighted by atomic mass is 10.2. The van der Waals surface area contributed by atoms with Crippen molar-refractivity contribution in [3.05, 3.63) is 72.2 Å². The number of hydrogen-bond acceptors (Lipinski definition) is 5. The van der Waals surface area contributed by atoms with E-state index in [4.69, 9.17) is 0 Å². The van der Waals surface area contributed by atoms with Crippen molar-refractivity contribution < 1.29 is 0 Å². The molecular weight excluding hydrogens is 312 g/mol. The van der Waals surface area contributed by atoms with Crippen molar-refractivity contribution in [2.45, 2.75) is 20.4 Å². The average Bonchev–Trinajstić information content (AvgIpc) is 2.93. The summed E-state index contributed by atoms with van der Waals surface area (Å²) in [6.45, 7) is 4.88. The maximum Gasteiger partial charge on any atom is 0.150 e. The maximum absolute atomic E-state index is 4.53. The molecule has 0 fully saturated rings. The van der Waals surface area contributed by atoms with Crippen LogP contribution in [0.5, 0.6) is 0 Å². The highest BCUT2D eigenvalue weighted by Gasteiger charge is 2.17. The van der Waals surface area contributed by atoms with E-state index < -0.39 is 0 Å². The molecule has 6 nitrogen and oxygen atoms in total. The molecule has 0 radical (unpaired) electrons. The number of aryl methyl sites for hydroxylation is 1. The Kier molecular flexibility index (Phi) is 3.85. The van der Waals surface area contributed by atoms with Crippen LogP contribution in [0.3, 0.4) is 0 Å². The molecule has 0 aliphatic carbocycles. The monoisotopic (exact) mass is 330 g/mol. The van der Waals surface area contributed by atoms with E-state index in [9.17, 15) is 0 Å². The fourth-order valence-corrected chi connectivity index (χ4v) is 3.02. The fourth-order valence-electron chi connectivity index (χ4n) is 3.02. The number of fused-ring (bicyclic) bond motifs is 1. The number of rotatable bonds is 4. The van der Waals surface area contributed by atoms with E-state index in [2.05, 4.69) is 43.7 Å². The van der Waals surface area contributed by atoms with E-state index in [0.717, 1.165) is 39.4 Å². The Morgan fingerprint density at radius 3 is 2.60 bits per heavy atom. The Labute approximate surface area is 145 Å². The number of pyridine rings is 2. The molecule has 0 bridgehead atoms. The number of aromatic nitrogens is 5. The third-order valence-electron chi connectivity index (χ3n) is 4.41. The van der Waals surface area contributed by atoms with Gasteiger partial charge in [0.2, 0.25) is 0 Å². The minimum Gasteiger partial charge on any atom is -0.365 e. The molecule has 0 amide bonds. The summed E-state index contributed by atoms with van der Waals surface area (Å²) in [7, 11) is 0. The van der Waals surface area contributed by atoms with Crippen LogP contribution in [0.15, 0.2) is 55.4 Å². The molecule has 0 unspecified atom stereocenters. The smallest absolute Gasteiger partial charge is 0.150 e. The summed E-state index contributed by atoms with van der Waals surface area (Å²) in [5.74, 6) is 0.838. The molecule has 4 aromatic heterocycles. The van der Waals surface area contributed by atoms with Gasteiger partial charge in [0.05, 0.1) is 17.3 Å². The van der Waals surface area contributed by atoms with Crippen LogP contribution in [-0.4, -0.2) is 24.5 Å². The van der Waals surface area contributed by atoms with Crippen molar-refractivity contribution in [1.82, 2.24) is 24.5 Å². The molecule has 0 aliphatic heterocycles. The molecule has 0 saturated carbocycles. The van der Waals surface area contributed by atoms with Crippen LogP contribution in [0.4, 0.5) is 5.82 Å². The third-order valence-corrected chi connectivity index (χ3v) is 4.41. The van der Waals surface area contributed by atoms with E-state index >= 15 is 0 Å². The highest BCUT2D eigenvalue weighted by molar-refractivity contribution is 5.93. The molecule has 1 N–H and O–H groups in total. The van der Waals surface area contributed by atoms with Gasteiger partial charge in [0, 0.05) is 30.8 Å². The van der Waals surface area contributed by atoms with Crippen LogP contribution >= 0.6 is 0 Å². The lowest BCUT2D eigenvalue weighted by Gasteiger charge is -2.08. The highest BCUT2D eigenvalue weighted by Crippen LogP contribution is 2.31. The Balaban J connectivity index is 1.80. The van der Waals surface area contributed by atoms with Crippen molar-refractivity contribution in [3.63, 3.8) is 0 Å². The van der Waals surface area contributed by atoms with Crippen LogP contribution in [-0.2, 0) is 6.54 Å². The van der Waals surface area contributed by atoms with Gasteiger partial charge in [0.15, 0.2) is 5.65 Å². The number of anilines is 1. The van der Waals surface area contributed by atoms with Gasteiger partial charge in [-0.15, -0.1) is 0 Å². The first-order valence-corrected chi connectivity index (χ1v) is 8.11. The normalized spacial score (nSPS) is 11.0. The van der Waals surface area contributed by atoms with Crippen molar-refractivity contribution in [1.29, 1.82) is 0 Å². The fraction of sp³-hybridized carbons (Fsp3) is 0.158. The molecule has 0 aliphatic rings. The van der Waals surface area contributed by atoms with Crippen LogP contribution < -0.4 is 5.32 Å². The predicted octanol–water partition coefficient (Wildman–Crippen LogP) is 3.44. The Morgan fingerprint density at radius 2 is 1.84 bits per heavy atom. The van der Waals surface area contributed by atoms with Gasteiger partial charge in [-0.25, -0.2) is 9.97 Å². The highest BCUT2D eigenvalue weighted by atomic mass is 15.1. The first-order chi connectivity index (χ1) is 12.3. The zero-order chi connectivity index (χ0) is 17.2. The standard InChI is InChI=1S/C19H18N6/c1-13-14(2)25(16-4-3-7-21-11-16)19-17(13)18(23-12-24-19)22-10-15-5-8-20-9-6-15/h3-9,11-12H,10H2,1-2H3,(H,22,23,24). The molecule has 25 heavy (non-hydrogen) atoms. The minimum atomic E-state index is 0.686. The summed E-state index contributed by atoms with van der Waals surface area (Å²) < 4.78 is 2.12. The Hall–Kier alpha value is -3.28. The average molecular weight is 330 g/mol. The van der Waals surface area contributed by atoms with E-state index in [0.29, 0.717) is 6.54 Å². The van der Waals surface area contributed by atoms with Gasteiger partial charge in [-0.1, -0.05) is 0 Å². The first kappa shape index (κ1) is 15.3. The van der Waals surface area contributed by atoms with Crippen LogP contribution in [0.2, 0.25) is 0 Å². The van der Waals surface area contributed by atoms with Crippen LogP contribution in [0.25, 0.3) is 16.7 Å². The van der Waals surface area contributed by atoms with Crippen LogP contribution in [0.1, 0.15) is 16.8 Å². The summed E-state index contributed by atoms with van der Waals surface area (Å²) >= 11 is 0. The quantitative estimate of drug-likeness (QED) is 0.621. The van der Waals surface area contributed by atoms with Crippen molar-refractivity contribution in [2.75, 3.05) is 5.32 Å². The topological polar surface area (TPSA) is 68.5 Å². The van der Waals surface area contributed by atoms with Crippen LogP contribution in [0, 0.1) is 13.8 Å². The number of nitrogens with zero attached hydrogens (tertiary/aromatic N) is 5. The predicted molar refractivity (Wildman–Crippen MR) is 97.7 cm³/mol. The summed E-state index contributed by atoms with van der Waals surface area (Å²) in [6, 6.07) is 7.94. The van der Waals surface area contributed by atoms with Crippen molar-refractivity contribution in [3.8, 4) is 5.69 Å². The second-order valence-electron chi connectivity index (χ2n) is 5.89. The maximum atomic E-state index is 4.53. The summed E-state index contributed by atoms with van der Waals surface area (Å²) in [5, 5.41) is 4.47. The number of nitrogens with one attached hydrogen (secondary N) is 1. The molecule has 0 atom stereocenters. The third kappa shape index (κ3) is 2.71. The summed E-state index contributed by atoms with van der Waals surface area (Å²) in [4.78, 5) is 17.3. The summed E-state index contributed by atoms with van der Waals surface area (Å²) in [6.07, 6.45) is 8.80. The minimum absolute atomic E-state index is 0.686. The molecule has 124 valence electrons. The molecule has 4 rings (SSSR count). The lowest BCUT2D eigenvalue weighted by Crippen LogP contribution is -2.03. The van der Waals surface area contributed by atoms with Gasteiger partial charge in [0.1, 0.15) is 12.1 Å². The Bertz CT molecular complexity index is 1010. The van der Waals surface area contributed by atoms with Gasteiger partial charge in [0.25, 0.3) is 0 Å². The van der Waals surface area contributed by atoms with E-state index in [1.165, 1.54) is 0 Å². The lowest BCUT2D eigenvalue weighted by molar-refractivity contribution is 1.000. The SMILES string of the molecule is Cc1c(C)n(-c2cccnc2)c2ncnc(NCc3ccncc3)c12. The second-order valence-corrected chi connectivity index (χ2v) is 5.89. The van der Waals surface area contributed by atoms with E-state index in [1.807, 2.05) is 30.5 Å². The molecule has 6 heteroatoms. The van der Waals surface area contributed by atoms with Gasteiger partial charge < -0.3 is 5.32 Å². The van der Waals surface area contributed by atoms with E-state index in [1.54, 1.807) is 24.9 Å². The Morgan fingerprint density at radius 1 is 1.00 bits per heavy atom. The zero-order valence-electron chi connectivity index (χ0n) is 14.1. The van der Waals surface area contributed by atoms with Crippen molar-refractivity contribution in [2.24, 2.45) is 0 Å². The van der Waals surface area contributed by atoms with E-state index in [-0.39, 0.29) is 0 Å². The first-order valence-electron chi connectivity index (χ1n) is 8.11. The molecule has 4 aromatic rings. The van der Waals surface area contributed by atoms with Crippen molar-refractivity contribution >= 4 is 16.9 Å². The second kappa shape index (κ2) is 6.32. The molecule has 0 spiro atoms. The van der Waals surface area contributed by atoms with Gasteiger partial charge >= 0.3 is 0 Å². The van der Waals surface area contributed by atoms with Gasteiger partial charge in [-0.3, -0.25) is 14.5 Å². The largest absolute Gasteiger partial charge is 0.365 e. The molecule has 4 heterocycles. The molecule has 0 aromatic carbocycles. The molecular formula is C19H18N6. The summed E-state index contributed by atoms with van der Waals surface area (Å²) in [5.41, 5.74) is 5.34. The molecule has 0 saturated heterocycles. The zero-order valence-corrected chi connectivity index (χ0v) is 14.1. The van der Waals surface area contributed by atoms with Gasteiger partial charge in [-0.05, 0) is 49.2 Å². The number of hydrogen-bond donors (Lipinski definition) is 1. The van der Waals surface area contributed by atoms with Gasteiger partial charge in [-0.2, -0.15) is 0 Å².